The maximum Gasteiger partial charge on any atom is 0.264 e. The van der Waals surface area contributed by atoms with Crippen molar-refractivity contribution >= 4 is 23.3 Å². The summed E-state index contributed by atoms with van der Waals surface area (Å²) in [6.07, 6.45) is -0.440. The average Bonchev–Trinajstić information content (AvgIpc) is 3.12. The fraction of sp³-hybridized carbons (Fsp3) is 0.263. The normalized spacial score (nSPS) is 15.6. The molecule has 1 aliphatic heterocycles. The maximum atomic E-state index is 13.3. The molecule has 1 aliphatic rings. The van der Waals surface area contributed by atoms with Gasteiger partial charge in [-0.05, 0) is 31.2 Å². The molecule has 1 aromatic carbocycles. The van der Waals surface area contributed by atoms with E-state index in [2.05, 4.69) is 20.8 Å². The molecule has 8 heteroatoms. The minimum absolute atomic E-state index is 0.103. The number of oxime groups is 1. The van der Waals surface area contributed by atoms with Crippen LogP contribution in [0.2, 0.25) is 0 Å². The molecule has 7 nitrogen and oxygen atoms in total. The summed E-state index contributed by atoms with van der Waals surface area (Å²) in [5.74, 6) is -0.528. The molecular weight excluding hydrogens is 351 g/mol. The summed E-state index contributed by atoms with van der Waals surface area (Å²) in [7, 11) is 0. The number of hydrogen-bond donors (Lipinski definition) is 2. The largest absolute Gasteiger partial charge is 0.382 e. The molecular formula is C19H19FN4O3. The molecule has 2 N–H and O–H groups in total. The van der Waals surface area contributed by atoms with Gasteiger partial charge in [-0.25, -0.2) is 9.37 Å². The zero-order chi connectivity index (χ0) is 19.2. The first kappa shape index (κ1) is 18.5. The average molecular weight is 370 g/mol. The third kappa shape index (κ3) is 5.10. The van der Waals surface area contributed by atoms with Crippen LogP contribution >= 0.6 is 0 Å². The van der Waals surface area contributed by atoms with E-state index in [9.17, 15) is 14.0 Å². The summed E-state index contributed by atoms with van der Waals surface area (Å²) in [5.41, 5.74) is 1.89. The van der Waals surface area contributed by atoms with Gasteiger partial charge < -0.3 is 15.5 Å². The van der Waals surface area contributed by atoms with E-state index in [0.717, 1.165) is 5.69 Å². The Morgan fingerprint density at radius 3 is 2.85 bits per heavy atom. The molecule has 2 aromatic rings. The predicted octanol–water partition coefficient (Wildman–Crippen LogP) is 2.17. The van der Waals surface area contributed by atoms with Crippen LogP contribution in [0.1, 0.15) is 24.1 Å². The van der Waals surface area contributed by atoms with Crippen LogP contribution in [-0.2, 0) is 14.4 Å². The van der Waals surface area contributed by atoms with Gasteiger partial charge in [-0.3, -0.25) is 9.59 Å². The fourth-order valence-electron chi connectivity index (χ4n) is 2.59. The lowest BCUT2D eigenvalue weighted by molar-refractivity contribution is -0.131. The minimum atomic E-state index is -0.787. The van der Waals surface area contributed by atoms with Crippen molar-refractivity contribution in [3.63, 3.8) is 0 Å². The Balaban J connectivity index is 1.42. The molecule has 3 rings (SSSR count). The molecule has 0 saturated heterocycles. The number of benzene rings is 1. The number of rotatable bonds is 6. The van der Waals surface area contributed by atoms with Crippen LogP contribution in [0.5, 0.6) is 0 Å². The van der Waals surface area contributed by atoms with Crippen LogP contribution in [-0.4, -0.2) is 35.2 Å². The number of pyridine rings is 1. The van der Waals surface area contributed by atoms with Crippen molar-refractivity contribution in [1.29, 1.82) is 0 Å². The molecule has 27 heavy (non-hydrogen) atoms. The Morgan fingerprint density at radius 1 is 1.26 bits per heavy atom. The number of carbonyl (C=O) groups excluding carboxylic acids is 2. The summed E-state index contributed by atoms with van der Waals surface area (Å²) >= 11 is 0. The Kier molecular flexibility index (Phi) is 5.75. The zero-order valence-corrected chi connectivity index (χ0v) is 14.7. The van der Waals surface area contributed by atoms with Gasteiger partial charge in [0.25, 0.3) is 5.91 Å². The van der Waals surface area contributed by atoms with E-state index in [0.29, 0.717) is 17.1 Å². The second kappa shape index (κ2) is 8.39. The van der Waals surface area contributed by atoms with Gasteiger partial charge in [0.2, 0.25) is 12.0 Å². The molecule has 0 spiro atoms. The summed E-state index contributed by atoms with van der Waals surface area (Å²) in [4.78, 5) is 33.4. The lowest BCUT2D eigenvalue weighted by Crippen LogP contribution is -2.36. The highest BCUT2D eigenvalue weighted by Crippen LogP contribution is 2.17. The number of nitrogens with zero attached hydrogens (tertiary/aromatic N) is 2. The number of aromatic nitrogens is 1. The van der Waals surface area contributed by atoms with Crippen molar-refractivity contribution in [3.8, 4) is 0 Å². The quantitative estimate of drug-likeness (QED) is 0.815. The van der Waals surface area contributed by atoms with E-state index >= 15 is 0 Å². The van der Waals surface area contributed by atoms with E-state index in [-0.39, 0.29) is 37.0 Å². The van der Waals surface area contributed by atoms with Crippen molar-refractivity contribution in [2.75, 3.05) is 11.9 Å². The molecule has 2 amide bonds. The van der Waals surface area contributed by atoms with Gasteiger partial charge in [-0.1, -0.05) is 23.4 Å². The lowest BCUT2D eigenvalue weighted by Gasteiger charge is -2.09. The van der Waals surface area contributed by atoms with Crippen LogP contribution in [0.15, 0.2) is 47.6 Å². The van der Waals surface area contributed by atoms with Gasteiger partial charge in [-0.15, -0.1) is 0 Å². The Morgan fingerprint density at radius 2 is 2.07 bits per heavy atom. The first-order valence-electron chi connectivity index (χ1n) is 8.51. The standard InChI is InChI=1S/C19H19FN4O3/c1-12-4-2-7-17(22-12)23-18(25)8-9-21-19(26)16-11-15(24-27-16)13-5-3-6-14(20)10-13/h2-7,10,16H,8-9,11H2,1H3,(H,21,26)(H,22,23,25)/t16-/m1/s1. The highest BCUT2D eigenvalue weighted by Gasteiger charge is 2.28. The number of hydrogen-bond acceptors (Lipinski definition) is 5. The highest BCUT2D eigenvalue weighted by molar-refractivity contribution is 6.04. The summed E-state index contributed by atoms with van der Waals surface area (Å²) < 4.78 is 13.3. The Labute approximate surface area is 155 Å². The van der Waals surface area contributed by atoms with Crippen molar-refractivity contribution in [3.05, 3.63) is 59.5 Å². The SMILES string of the molecule is Cc1cccc(NC(=O)CCNC(=O)[C@H]2CC(c3cccc(F)c3)=NO2)n1. The van der Waals surface area contributed by atoms with Gasteiger partial charge in [0.1, 0.15) is 11.6 Å². The fourth-order valence-corrected chi connectivity index (χ4v) is 2.59. The van der Waals surface area contributed by atoms with E-state index in [1.165, 1.54) is 12.1 Å². The van der Waals surface area contributed by atoms with Crippen LogP contribution in [0.4, 0.5) is 10.2 Å². The molecule has 0 radical (unpaired) electrons. The van der Waals surface area contributed by atoms with E-state index in [4.69, 9.17) is 4.84 Å². The number of anilines is 1. The zero-order valence-electron chi connectivity index (χ0n) is 14.7. The van der Waals surface area contributed by atoms with Crippen molar-refractivity contribution in [1.82, 2.24) is 10.3 Å². The predicted molar refractivity (Wildman–Crippen MR) is 97.7 cm³/mol. The number of nitrogens with one attached hydrogen (secondary N) is 2. The molecule has 2 heterocycles. The lowest BCUT2D eigenvalue weighted by atomic mass is 10.0. The third-order valence-corrected chi connectivity index (χ3v) is 3.93. The minimum Gasteiger partial charge on any atom is -0.382 e. The molecule has 1 atom stereocenters. The summed E-state index contributed by atoms with van der Waals surface area (Å²) in [5, 5.41) is 9.17. The second-order valence-corrected chi connectivity index (χ2v) is 6.10. The smallest absolute Gasteiger partial charge is 0.264 e. The van der Waals surface area contributed by atoms with Gasteiger partial charge in [0, 0.05) is 30.6 Å². The van der Waals surface area contributed by atoms with E-state index in [1.807, 2.05) is 13.0 Å². The van der Waals surface area contributed by atoms with Gasteiger partial charge in [-0.2, -0.15) is 0 Å². The van der Waals surface area contributed by atoms with Crippen LogP contribution in [0.3, 0.4) is 0 Å². The monoisotopic (exact) mass is 370 g/mol. The number of carbonyl (C=O) groups is 2. The molecule has 0 aliphatic carbocycles. The molecule has 140 valence electrons. The van der Waals surface area contributed by atoms with Crippen molar-refractivity contribution in [2.24, 2.45) is 5.16 Å². The molecule has 0 fully saturated rings. The summed E-state index contributed by atoms with van der Waals surface area (Å²) in [6, 6.07) is 11.3. The van der Waals surface area contributed by atoms with Crippen molar-refractivity contribution in [2.45, 2.75) is 25.9 Å². The van der Waals surface area contributed by atoms with Gasteiger partial charge in [0.15, 0.2) is 0 Å². The van der Waals surface area contributed by atoms with E-state index in [1.54, 1.807) is 24.3 Å². The topological polar surface area (TPSA) is 92.7 Å². The van der Waals surface area contributed by atoms with Crippen LogP contribution in [0, 0.1) is 12.7 Å². The Bertz CT molecular complexity index is 885. The van der Waals surface area contributed by atoms with Crippen LogP contribution in [0.25, 0.3) is 0 Å². The first-order valence-corrected chi connectivity index (χ1v) is 8.51. The van der Waals surface area contributed by atoms with E-state index < -0.39 is 6.10 Å². The molecule has 0 bridgehead atoms. The molecule has 1 aromatic heterocycles. The first-order chi connectivity index (χ1) is 13.0. The van der Waals surface area contributed by atoms with Gasteiger partial charge >= 0.3 is 0 Å². The van der Waals surface area contributed by atoms with Gasteiger partial charge in [0.05, 0.1) is 5.71 Å². The number of halogens is 1. The van der Waals surface area contributed by atoms with Crippen LogP contribution < -0.4 is 10.6 Å². The van der Waals surface area contributed by atoms with Crippen molar-refractivity contribution < 1.29 is 18.8 Å². The molecule has 0 saturated carbocycles. The second-order valence-electron chi connectivity index (χ2n) is 6.10. The summed E-state index contributed by atoms with van der Waals surface area (Å²) in [6.45, 7) is 1.99. The Hall–Kier alpha value is -3.29. The third-order valence-electron chi connectivity index (χ3n) is 3.93. The molecule has 0 unspecified atom stereocenters. The maximum absolute atomic E-state index is 13.3. The number of amides is 2. The number of aryl methyl sites for hydroxylation is 1. The highest BCUT2D eigenvalue weighted by atomic mass is 19.1.